The molecular weight excluding hydrogens is 348 g/mol. The molecule has 1 aliphatic rings. The summed E-state index contributed by atoms with van der Waals surface area (Å²) in [6, 6.07) is 7.07. The zero-order valence-electron chi connectivity index (χ0n) is 14.3. The van der Waals surface area contributed by atoms with Crippen molar-refractivity contribution >= 4 is 16.2 Å². The van der Waals surface area contributed by atoms with E-state index >= 15 is 0 Å². The van der Waals surface area contributed by atoms with Crippen LogP contribution in [-0.2, 0) is 15.0 Å². The van der Waals surface area contributed by atoms with Gasteiger partial charge in [0.2, 0.25) is 0 Å². The molecule has 2 rings (SSSR count). The molecule has 2 N–H and O–H groups in total. The molecule has 9 heteroatoms. The SMILES string of the molecule is COc1cccc(OC(C)CNS(=O)(=O)N2CCC(C(=O)O)CC2)c1. The number of carbonyl (C=O) groups is 1. The van der Waals surface area contributed by atoms with Crippen molar-refractivity contribution in [1.82, 2.24) is 9.03 Å². The van der Waals surface area contributed by atoms with Crippen LogP contribution in [0.5, 0.6) is 11.5 Å². The maximum atomic E-state index is 12.3. The van der Waals surface area contributed by atoms with Gasteiger partial charge in [0.15, 0.2) is 0 Å². The fraction of sp³-hybridized carbons (Fsp3) is 0.562. The Morgan fingerprint density at radius 2 is 2.00 bits per heavy atom. The fourth-order valence-corrected chi connectivity index (χ4v) is 3.92. The summed E-state index contributed by atoms with van der Waals surface area (Å²) in [5, 5.41) is 8.97. The Bertz CT molecular complexity index is 686. The van der Waals surface area contributed by atoms with E-state index in [1.807, 2.05) is 0 Å². The molecule has 0 saturated carbocycles. The van der Waals surface area contributed by atoms with E-state index < -0.39 is 22.1 Å². The maximum absolute atomic E-state index is 12.3. The Hall–Kier alpha value is -1.84. The van der Waals surface area contributed by atoms with Crippen LogP contribution >= 0.6 is 0 Å². The molecule has 0 spiro atoms. The number of hydrogen-bond acceptors (Lipinski definition) is 5. The molecule has 1 heterocycles. The zero-order chi connectivity index (χ0) is 18.4. The molecule has 140 valence electrons. The largest absolute Gasteiger partial charge is 0.497 e. The van der Waals surface area contributed by atoms with Gasteiger partial charge in [0.1, 0.15) is 17.6 Å². The second-order valence-electron chi connectivity index (χ2n) is 5.97. The van der Waals surface area contributed by atoms with Crippen LogP contribution in [0.25, 0.3) is 0 Å². The van der Waals surface area contributed by atoms with Gasteiger partial charge in [0.25, 0.3) is 10.2 Å². The van der Waals surface area contributed by atoms with E-state index in [4.69, 9.17) is 14.6 Å². The van der Waals surface area contributed by atoms with Crippen molar-refractivity contribution in [1.29, 1.82) is 0 Å². The molecule has 1 aromatic carbocycles. The third-order valence-electron chi connectivity index (χ3n) is 4.07. The van der Waals surface area contributed by atoms with Crippen LogP contribution in [0.3, 0.4) is 0 Å². The van der Waals surface area contributed by atoms with E-state index in [9.17, 15) is 13.2 Å². The lowest BCUT2D eigenvalue weighted by atomic mass is 9.99. The third kappa shape index (κ3) is 5.58. The summed E-state index contributed by atoms with van der Waals surface area (Å²) in [4.78, 5) is 10.9. The van der Waals surface area contributed by atoms with Crippen molar-refractivity contribution in [2.75, 3.05) is 26.7 Å². The molecule has 1 unspecified atom stereocenters. The number of piperidine rings is 1. The first-order valence-electron chi connectivity index (χ1n) is 8.10. The van der Waals surface area contributed by atoms with Crippen molar-refractivity contribution < 1.29 is 27.8 Å². The van der Waals surface area contributed by atoms with Crippen LogP contribution in [0.1, 0.15) is 19.8 Å². The number of nitrogens with one attached hydrogen (secondary N) is 1. The van der Waals surface area contributed by atoms with Crippen molar-refractivity contribution in [3.05, 3.63) is 24.3 Å². The van der Waals surface area contributed by atoms with E-state index in [1.165, 1.54) is 4.31 Å². The van der Waals surface area contributed by atoms with Crippen molar-refractivity contribution in [2.24, 2.45) is 5.92 Å². The van der Waals surface area contributed by atoms with E-state index in [2.05, 4.69) is 4.72 Å². The smallest absolute Gasteiger partial charge is 0.306 e. The molecule has 1 saturated heterocycles. The van der Waals surface area contributed by atoms with E-state index in [1.54, 1.807) is 38.3 Å². The zero-order valence-corrected chi connectivity index (χ0v) is 15.2. The highest BCUT2D eigenvalue weighted by atomic mass is 32.2. The summed E-state index contributed by atoms with van der Waals surface area (Å²) in [5.74, 6) is -0.0908. The van der Waals surface area contributed by atoms with Gasteiger partial charge in [0, 0.05) is 25.7 Å². The molecule has 0 radical (unpaired) electrons. The van der Waals surface area contributed by atoms with Gasteiger partial charge >= 0.3 is 5.97 Å². The summed E-state index contributed by atoms with van der Waals surface area (Å²) in [7, 11) is -2.09. The Kier molecular flexibility index (Phi) is 6.63. The highest BCUT2D eigenvalue weighted by Crippen LogP contribution is 2.21. The monoisotopic (exact) mass is 372 g/mol. The number of hydrogen-bond donors (Lipinski definition) is 2. The molecule has 25 heavy (non-hydrogen) atoms. The number of benzene rings is 1. The van der Waals surface area contributed by atoms with E-state index in [-0.39, 0.29) is 25.7 Å². The number of carboxylic acids is 1. The van der Waals surface area contributed by atoms with E-state index in [0.29, 0.717) is 24.3 Å². The average molecular weight is 372 g/mol. The summed E-state index contributed by atoms with van der Waals surface area (Å²) in [6.45, 7) is 2.28. The summed E-state index contributed by atoms with van der Waals surface area (Å²) < 4.78 is 39.2. The number of carboxylic acid groups (broad SMARTS) is 1. The summed E-state index contributed by atoms with van der Waals surface area (Å²) in [6.07, 6.45) is 0.275. The van der Waals surface area contributed by atoms with Crippen LogP contribution < -0.4 is 14.2 Å². The Morgan fingerprint density at radius 1 is 1.36 bits per heavy atom. The van der Waals surface area contributed by atoms with Gasteiger partial charge in [0.05, 0.1) is 13.0 Å². The molecule has 8 nitrogen and oxygen atoms in total. The predicted octanol–water partition coefficient (Wildman–Crippen LogP) is 1.09. The first-order chi connectivity index (χ1) is 11.8. The normalized spacial score (nSPS) is 17.8. The standard InChI is InChI=1S/C16H24N2O6S/c1-12(24-15-5-3-4-14(10-15)23-2)11-17-25(21,22)18-8-6-13(7-9-18)16(19)20/h3-5,10,12-13,17H,6-9,11H2,1-2H3,(H,19,20). The molecule has 1 atom stereocenters. The molecule has 0 bridgehead atoms. The second kappa shape index (κ2) is 8.50. The lowest BCUT2D eigenvalue weighted by Gasteiger charge is -2.29. The minimum absolute atomic E-state index is 0.110. The molecule has 0 aliphatic carbocycles. The van der Waals surface area contributed by atoms with Crippen LogP contribution in [0.15, 0.2) is 24.3 Å². The predicted molar refractivity (Wildman–Crippen MR) is 91.9 cm³/mol. The van der Waals surface area contributed by atoms with Crippen LogP contribution in [0.4, 0.5) is 0 Å². The number of methoxy groups -OCH3 is 1. The molecule has 1 aliphatic heterocycles. The average Bonchev–Trinajstić information content (AvgIpc) is 2.60. The molecule has 0 aromatic heterocycles. The Morgan fingerprint density at radius 3 is 2.60 bits per heavy atom. The topological polar surface area (TPSA) is 105 Å². The lowest BCUT2D eigenvalue weighted by molar-refractivity contribution is -0.142. The van der Waals surface area contributed by atoms with Crippen LogP contribution in [0, 0.1) is 5.92 Å². The molecule has 1 fully saturated rings. The van der Waals surface area contributed by atoms with Gasteiger partial charge in [-0.05, 0) is 31.9 Å². The summed E-state index contributed by atoms with van der Waals surface area (Å²) >= 11 is 0. The number of rotatable bonds is 8. The molecular formula is C16H24N2O6S. The van der Waals surface area contributed by atoms with E-state index in [0.717, 1.165) is 0 Å². The number of ether oxygens (including phenoxy) is 2. The fourth-order valence-electron chi connectivity index (χ4n) is 2.61. The molecule has 0 amide bonds. The minimum atomic E-state index is -3.65. The second-order valence-corrected chi connectivity index (χ2v) is 7.73. The van der Waals surface area contributed by atoms with Gasteiger partial charge in [-0.25, -0.2) is 0 Å². The third-order valence-corrected chi connectivity index (χ3v) is 5.65. The van der Waals surface area contributed by atoms with Crippen molar-refractivity contribution in [3.63, 3.8) is 0 Å². The molecule has 1 aromatic rings. The van der Waals surface area contributed by atoms with Gasteiger partial charge < -0.3 is 14.6 Å². The van der Waals surface area contributed by atoms with Crippen molar-refractivity contribution in [3.8, 4) is 11.5 Å². The lowest BCUT2D eigenvalue weighted by Crippen LogP contribution is -2.47. The first-order valence-corrected chi connectivity index (χ1v) is 9.54. The van der Waals surface area contributed by atoms with Gasteiger partial charge in [-0.1, -0.05) is 6.07 Å². The Labute approximate surface area is 147 Å². The van der Waals surface area contributed by atoms with Gasteiger partial charge in [-0.2, -0.15) is 17.4 Å². The van der Waals surface area contributed by atoms with Crippen molar-refractivity contribution in [2.45, 2.75) is 25.9 Å². The number of aliphatic carboxylic acids is 1. The Balaban J connectivity index is 1.83. The van der Waals surface area contributed by atoms with Gasteiger partial charge in [-0.15, -0.1) is 0 Å². The van der Waals surface area contributed by atoms with Gasteiger partial charge in [-0.3, -0.25) is 4.79 Å². The maximum Gasteiger partial charge on any atom is 0.306 e. The first kappa shape index (κ1) is 19.5. The quantitative estimate of drug-likeness (QED) is 0.708. The minimum Gasteiger partial charge on any atom is -0.497 e. The van der Waals surface area contributed by atoms with Crippen LogP contribution in [-0.4, -0.2) is 56.6 Å². The number of nitrogens with zero attached hydrogens (tertiary/aromatic N) is 1. The highest BCUT2D eigenvalue weighted by molar-refractivity contribution is 7.87. The summed E-state index contributed by atoms with van der Waals surface area (Å²) in [5.41, 5.74) is 0. The van der Waals surface area contributed by atoms with Crippen LogP contribution in [0.2, 0.25) is 0 Å². The highest BCUT2D eigenvalue weighted by Gasteiger charge is 2.31.